The fourth-order valence-corrected chi connectivity index (χ4v) is 2.28. The molecular formula is C9H9N2O2S. The van der Waals surface area contributed by atoms with Gasteiger partial charge in [0.05, 0.1) is 6.21 Å². The Labute approximate surface area is 86.1 Å². The lowest BCUT2D eigenvalue weighted by molar-refractivity contribution is -0.131. The molecule has 4 nitrogen and oxygen atoms in total. The summed E-state index contributed by atoms with van der Waals surface area (Å²) in [5.74, 6) is 0.941. The summed E-state index contributed by atoms with van der Waals surface area (Å²) in [6.45, 7) is 1.59. The van der Waals surface area contributed by atoms with Crippen LogP contribution < -0.4 is 0 Å². The van der Waals surface area contributed by atoms with E-state index in [-0.39, 0.29) is 0 Å². The molecule has 0 saturated carbocycles. The number of carbonyl (C=O) groups excluding carboxylic acids is 2. The van der Waals surface area contributed by atoms with Crippen molar-refractivity contribution >= 4 is 29.5 Å². The molecule has 0 unspecified atom stereocenters. The van der Waals surface area contributed by atoms with Gasteiger partial charge in [0.2, 0.25) is 5.78 Å². The van der Waals surface area contributed by atoms with Gasteiger partial charge < -0.3 is 4.90 Å². The number of hydrogen-bond donors (Lipinski definition) is 0. The zero-order chi connectivity index (χ0) is 9.97. The second kappa shape index (κ2) is 3.96. The molecule has 0 amide bonds. The van der Waals surface area contributed by atoms with Gasteiger partial charge in [-0.15, -0.1) is 0 Å². The maximum atomic E-state index is 11.4. The largest absolute Gasteiger partial charge is 0.365 e. The standard InChI is InChI=1S/C9H9N2O2S/c12-8-6-10-5-7(9(8)13)11-1-3-14-4-2-11/h6H,1-4H2. The highest BCUT2D eigenvalue weighted by Gasteiger charge is 2.26. The van der Waals surface area contributed by atoms with Crippen LogP contribution in [0.5, 0.6) is 0 Å². The molecule has 0 aromatic heterocycles. The Hall–Kier alpha value is -1.10. The van der Waals surface area contributed by atoms with E-state index in [0.717, 1.165) is 30.8 Å². The molecule has 2 aliphatic heterocycles. The molecule has 0 aromatic rings. The molecule has 73 valence electrons. The molecule has 0 N–H and O–H groups in total. The Balaban J connectivity index is 2.16. The molecule has 0 spiro atoms. The summed E-state index contributed by atoms with van der Waals surface area (Å²) in [5, 5.41) is 0. The predicted molar refractivity (Wildman–Crippen MR) is 54.2 cm³/mol. The monoisotopic (exact) mass is 209 g/mol. The number of allylic oxidation sites excluding steroid dienone is 1. The number of rotatable bonds is 1. The van der Waals surface area contributed by atoms with Crippen LogP contribution in [0.3, 0.4) is 0 Å². The molecule has 1 saturated heterocycles. The number of ketones is 2. The van der Waals surface area contributed by atoms with E-state index < -0.39 is 11.6 Å². The van der Waals surface area contributed by atoms with Crippen LogP contribution in [0, 0.1) is 6.20 Å². The smallest absolute Gasteiger partial charge is 0.252 e. The van der Waals surface area contributed by atoms with Gasteiger partial charge in [-0.25, -0.2) is 4.99 Å². The molecule has 0 aromatic carbocycles. The quantitative estimate of drug-likeness (QED) is 0.566. The normalized spacial score (nSPS) is 22.6. The first-order valence-electron chi connectivity index (χ1n) is 4.36. The molecule has 2 rings (SSSR count). The minimum atomic E-state index is -0.544. The summed E-state index contributed by atoms with van der Waals surface area (Å²) in [7, 11) is 0. The Morgan fingerprint density at radius 2 is 2.07 bits per heavy atom. The second-order valence-electron chi connectivity index (χ2n) is 3.01. The fraction of sp³-hybridized carbons (Fsp3) is 0.444. The van der Waals surface area contributed by atoms with Gasteiger partial charge in [-0.3, -0.25) is 9.59 Å². The van der Waals surface area contributed by atoms with Crippen molar-refractivity contribution in [2.75, 3.05) is 24.6 Å². The van der Waals surface area contributed by atoms with E-state index in [1.807, 2.05) is 16.7 Å². The minimum absolute atomic E-state index is 0.331. The Bertz CT molecular complexity index is 330. The Kier molecular flexibility index (Phi) is 2.67. The number of nitrogens with zero attached hydrogens (tertiary/aromatic N) is 2. The van der Waals surface area contributed by atoms with Crippen LogP contribution in [0.4, 0.5) is 0 Å². The molecular weight excluding hydrogens is 200 g/mol. The van der Waals surface area contributed by atoms with E-state index in [4.69, 9.17) is 0 Å². The van der Waals surface area contributed by atoms with E-state index in [1.54, 1.807) is 0 Å². The lowest BCUT2D eigenvalue weighted by Crippen LogP contribution is -2.38. The third-order valence-electron chi connectivity index (χ3n) is 2.12. The number of Topliss-reactive ketones (excluding diaryl/α,β-unsaturated/α-hetero) is 2. The molecule has 0 atom stereocenters. The first-order chi connectivity index (χ1) is 6.79. The van der Waals surface area contributed by atoms with E-state index in [9.17, 15) is 9.59 Å². The Morgan fingerprint density at radius 3 is 2.79 bits per heavy atom. The maximum absolute atomic E-state index is 11.4. The summed E-state index contributed by atoms with van der Waals surface area (Å²) in [4.78, 5) is 28.0. The first-order valence-corrected chi connectivity index (χ1v) is 5.52. The lowest BCUT2D eigenvalue weighted by atomic mass is 10.1. The topological polar surface area (TPSA) is 49.7 Å². The summed E-state index contributed by atoms with van der Waals surface area (Å²) in [6, 6.07) is 0. The van der Waals surface area contributed by atoms with Gasteiger partial charge in [0, 0.05) is 24.6 Å². The third-order valence-corrected chi connectivity index (χ3v) is 3.06. The highest BCUT2D eigenvalue weighted by atomic mass is 32.2. The molecule has 2 heterocycles. The van der Waals surface area contributed by atoms with Gasteiger partial charge in [0.1, 0.15) is 11.9 Å². The summed E-state index contributed by atoms with van der Waals surface area (Å²) in [6.07, 6.45) is 3.62. The van der Waals surface area contributed by atoms with E-state index in [1.165, 1.54) is 0 Å². The summed E-state index contributed by atoms with van der Waals surface area (Å²) < 4.78 is 0. The van der Waals surface area contributed by atoms with Gasteiger partial charge in [-0.2, -0.15) is 11.8 Å². The summed E-state index contributed by atoms with van der Waals surface area (Å²) in [5.41, 5.74) is 0.331. The van der Waals surface area contributed by atoms with Crippen molar-refractivity contribution in [3.8, 4) is 0 Å². The SMILES string of the molecule is O=C1C=N[C]=C(N2CCSCC2)C1=O. The molecule has 1 fully saturated rings. The van der Waals surface area contributed by atoms with Crippen LogP contribution in [0.1, 0.15) is 0 Å². The van der Waals surface area contributed by atoms with Gasteiger partial charge in [-0.05, 0) is 0 Å². The average Bonchev–Trinajstić information content (AvgIpc) is 2.23. The van der Waals surface area contributed by atoms with Crippen LogP contribution in [0.15, 0.2) is 10.7 Å². The number of hydrogen-bond acceptors (Lipinski definition) is 5. The van der Waals surface area contributed by atoms with E-state index in [2.05, 4.69) is 11.2 Å². The molecule has 0 aliphatic carbocycles. The zero-order valence-corrected chi connectivity index (χ0v) is 8.34. The average molecular weight is 209 g/mol. The lowest BCUT2D eigenvalue weighted by Gasteiger charge is -2.29. The van der Waals surface area contributed by atoms with Gasteiger partial charge >= 0.3 is 0 Å². The highest BCUT2D eigenvalue weighted by molar-refractivity contribution is 7.99. The van der Waals surface area contributed by atoms with Crippen molar-refractivity contribution in [1.29, 1.82) is 0 Å². The van der Waals surface area contributed by atoms with Crippen molar-refractivity contribution in [2.45, 2.75) is 0 Å². The van der Waals surface area contributed by atoms with Crippen LogP contribution in [-0.2, 0) is 9.59 Å². The predicted octanol–water partition coefficient (Wildman–Crippen LogP) is -0.0976. The van der Waals surface area contributed by atoms with E-state index >= 15 is 0 Å². The van der Waals surface area contributed by atoms with Gasteiger partial charge in [0.25, 0.3) is 5.78 Å². The second-order valence-corrected chi connectivity index (χ2v) is 4.24. The number of carbonyl (C=O) groups is 2. The van der Waals surface area contributed by atoms with Crippen LogP contribution in [-0.4, -0.2) is 47.3 Å². The van der Waals surface area contributed by atoms with Crippen molar-refractivity contribution in [2.24, 2.45) is 4.99 Å². The van der Waals surface area contributed by atoms with Crippen LogP contribution in [0.2, 0.25) is 0 Å². The van der Waals surface area contributed by atoms with Gasteiger partial charge in [-0.1, -0.05) is 0 Å². The number of thioether (sulfide) groups is 1. The molecule has 2 aliphatic rings. The maximum Gasteiger partial charge on any atom is 0.252 e. The fourth-order valence-electron chi connectivity index (χ4n) is 1.38. The number of aliphatic imine (C=N–C) groups is 1. The van der Waals surface area contributed by atoms with Crippen molar-refractivity contribution in [3.63, 3.8) is 0 Å². The van der Waals surface area contributed by atoms with Crippen molar-refractivity contribution < 1.29 is 9.59 Å². The van der Waals surface area contributed by atoms with Crippen LogP contribution >= 0.6 is 11.8 Å². The van der Waals surface area contributed by atoms with Crippen molar-refractivity contribution in [3.05, 3.63) is 11.9 Å². The third kappa shape index (κ3) is 1.72. The first kappa shape index (κ1) is 9.45. The molecule has 0 bridgehead atoms. The summed E-state index contributed by atoms with van der Waals surface area (Å²) >= 11 is 1.85. The zero-order valence-electron chi connectivity index (χ0n) is 7.52. The van der Waals surface area contributed by atoms with E-state index in [0.29, 0.717) is 5.70 Å². The van der Waals surface area contributed by atoms with Gasteiger partial charge in [0.15, 0.2) is 0 Å². The molecule has 1 radical (unpaired) electrons. The van der Waals surface area contributed by atoms with Crippen molar-refractivity contribution in [1.82, 2.24) is 4.90 Å². The molecule has 5 heteroatoms. The highest BCUT2D eigenvalue weighted by Crippen LogP contribution is 2.16. The van der Waals surface area contributed by atoms with Crippen LogP contribution in [0.25, 0.3) is 0 Å². The Morgan fingerprint density at radius 1 is 1.36 bits per heavy atom. The minimum Gasteiger partial charge on any atom is -0.365 e. The molecule has 14 heavy (non-hydrogen) atoms.